The van der Waals surface area contributed by atoms with E-state index in [0.29, 0.717) is 5.88 Å². The van der Waals surface area contributed by atoms with Crippen LogP contribution in [0, 0.1) is 0 Å². The first-order chi connectivity index (χ1) is 6.93. The van der Waals surface area contributed by atoms with E-state index < -0.39 is 0 Å². The van der Waals surface area contributed by atoms with Gasteiger partial charge in [0.15, 0.2) is 0 Å². The first-order valence-corrected chi connectivity index (χ1v) is 5.80. The van der Waals surface area contributed by atoms with Gasteiger partial charge in [-0.15, -0.1) is 11.6 Å². The highest BCUT2D eigenvalue weighted by Gasteiger charge is 2.12. The van der Waals surface area contributed by atoms with Crippen molar-refractivity contribution in [1.82, 2.24) is 0 Å². The van der Waals surface area contributed by atoms with Crippen LogP contribution < -0.4 is 0 Å². The van der Waals surface area contributed by atoms with E-state index in [1.54, 1.807) is 0 Å². The number of hydrogen-bond acceptors (Lipinski definition) is 0. The Morgan fingerprint density at radius 3 is 2.13 bits per heavy atom. The maximum atomic E-state index is 5.74. The minimum Gasteiger partial charge on any atom is -0.122 e. The Balaban J connectivity index is 2.91. The van der Waals surface area contributed by atoms with Crippen molar-refractivity contribution in [2.24, 2.45) is 0 Å². The SMILES string of the molecule is C/C(=C/c1ccc(C(C)(C)C)cc1)CCl. The van der Waals surface area contributed by atoms with Gasteiger partial charge in [-0.2, -0.15) is 0 Å². The maximum absolute atomic E-state index is 5.74. The van der Waals surface area contributed by atoms with Crippen LogP contribution in [0.1, 0.15) is 38.8 Å². The molecule has 82 valence electrons. The molecule has 0 aromatic heterocycles. The molecular formula is C14H19Cl. The molecule has 0 saturated carbocycles. The standard InChI is InChI=1S/C14H19Cl/c1-11(10-15)9-12-5-7-13(8-6-12)14(2,3)4/h5-9H,10H2,1-4H3/b11-9-. The quantitative estimate of drug-likeness (QED) is 0.641. The molecule has 0 fully saturated rings. The third kappa shape index (κ3) is 3.71. The van der Waals surface area contributed by atoms with Crippen molar-refractivity contribution >= 4 is 17.7 Å². The van der Waals surface area contributed by atoms with Crippen molar-refractivity contribution in [3.63, 3.8) is 0 Å². The summed E-state index contributed by atoms with van der Waals surface area (Å²) < 4.78 is 0. The van der Waals surface area contributed by atoms with Gasteiger partial charge in [0.05, 0.1) is 0 Å². The molecule has 1 aromatic rings. The molecular weight excluding hydrogens is 204 g/mol. The van der Waals surface area contributed by atoms with Crippen LogP contribution in [0.15, 0.2) is 29.8 Å². The van der Waals surface area contributed by atoms with Crippen molar-refractivity contribution in [3.05, 3.63) is 41.0 Å². The molecule has 0 spiro atoms. The summed E-state index contributed by atoms with van der Waals surface area (Å²) in [5, 5.41) is 0. The molecule has 0 atom stereocenters. The molecule has 0 N–H and O–H groups in total. The van der Waals surface area contributed by atoms with Crippen molar-refractivity contribution in [2.75, 3.05) is 5.88 Å². The molecule has 15 heavy (non-hydrogen) atoms. The molecule has 0 aliphatic carbocycles. The zero-order chi connectivity index (χ0) is 11.5. The van der Waals surface area contributed by atoms with Crippen LogP contribution in [-0.2, 0) is 5.41 Å². The largest absolute Gasteiger partial charge is 0.122 e. The number of rotatable bonds is 2. The lowest BCUT2D eigenvalue weighted by Crippen LogP contribution is -2.10. The molecule has 0 nitrogen and oxygen atoms in total. The molecule has 1 aromatic carbocycles. The molecule has 0 unspecified atom stereocenters. The van der Waals surface area contributed by atoms with Gasteiger partial charge in [0.1, 0.15) is 0 Å². The minimum atomic E-state index is 0.226. The highest BCUT2D eigenvalue weighted by Crippen LogP contribution is 2.22. The van der Waals surface area contributed by atoms with Gasteiger partial charge in [0, 0.05) is 5.88 Å². The van der Waals surface area contributed by atoms with Crippen LogP contribution in [0.3, 0.4) is 0 Å². The Bertz CT molecular complexity index is 339. The van der Waals surface area contributed by atoms with Gasteiger partial charge < -0.3 is 0 Å². The van der Waals surface area contributed by atoms with Crippen LogP contribution in [0.4, 0.5) is 0 Å². The Hall–Kier alpha value is -0.750. The first kappa shape index (κ1) is 12.3. The van der Waals surface area contributed by atoms with E-state index in [1.807, 2.05) is 6.92 Å². The van der Waals surface area contributed by atoms with Gasteiger partial charge in [-0.25, -0.2) is 0 Å². The van der Waals surface area contributed by atoms with E-state index in [1.165, 1.54) is 16.7 Å². The zero-order valence-corrected chi connectivity index (χ0v) is 10.7. The maximum Gasteiger partial charge on any atom is 0.0434 e. The van der Waals surface area contributed by atoms with Crippen LogP contribution >= 0.6 is 11.6 Å². The topological polar surface area (TPSA) is 0 Å². The first-order valence-electron chi connectivity index (χ1n) is 5.27. The molecule has 0 amide bonds. The Labute approximate surface area is 98.0 Å². The molecule has 1 heteroatoms. The van der Waals surface area contributed by atoms with E-state index in [2.05, 4.69) is 51.1 Å². The highest BCUT2D eigenvalue weighted by atomic mass is 35.5. The fraction of sp³-hybridized carbons (Fsp3) is 0.429. The zero-order valence-electron chi connectivity index (χ0n) is 9.97. The molecule has 0 aliphatic heterocycles. The number of hydrogen-bond donors (Lipinski definition) is 0. The van der Waals surface area contributed by atoms with E-state index in [9.17, 15) is 0 Å². The second-order valence-electron chi connectivity index (χ2n) is 5.00. The molecule has 0 bridgehead atoms. The summed E-state index contributed by atoms with van der Waals surface area (Å²) in [6.07, 6.45) is 2.12. The second-order valence-corrected chi connectivity index (χ2v) is 5.26. The summed E-state index contributed by atoms with van der Waals surface area (Å²) in [5.41, 5.74) is 4.01. The summed E-state index contributed by atoms with van der Waals surface area (Å²) in [6, 6.07) is 8.67. The summed E-state index contributed by atoms with van der Waals surface area (Å²) in [4.78, 5) is 0. The van der Waals surface area contributed by atoms with Gasteiger partial charge in [-0.1, -0.05) is 56.7 Å². The average Bonchev–Trinajstić information content (AvgIpc) is 2.17. The summed E-state index contributed by atoms with van der Waals surface area (Å²) >= 11 is 5.74. The molecule has 1 rings (SSSR count). The molecule has 0 aliphatic rings. The number of alkyl halides is 1. The van der Waals surface area contributed by atoms with Gasteiger partial charge in [0.2, 0.25) is 0 Å². The Morgan fingerprint density at radius 2 is 1.73 bits per heavy atom. The lowest BCUT2D eigenvalue weighted by atomic mass is 9.86. The van der Waals surface area contributed by atoms with Gasteiger partial charge in [-0.05, 0) is 23.5 Å². The molecule has 0 saturated heterocycles. The van der Waals surface area contributed by atoms with Crippen molar-refractivity contribution in [2.45, 2.75) is 33.1 Å². The van der Waals surface area contributed by atoms with E-state index in [0.717, 1.165) is 0 Å². The summed E-state index contributed by atoms with van der Waals surface area (Å²) in [5.74, 6) is 0.598. The van der Waals surface area contributed by atoms with Gasteiger partial charge in [-0.3, -0.25) is 0 Å². The highest BCUT2D eigenvalue weighted by molar-refractivity contribution is 6.19. The lowest BCUT2D eigenvalue weighted by Gasteiger charge is -2.18. The molecule has 0 heterocycles. The van der Waals surface area contributed by atoms with E-state index in [-0.39, 0.29) is 5.41 Å². The van der Waals surface area contributed by atoms with E-state index >= 15 is 0 Å². The van der Waals surface area contributed by atoms with Crippen molar-refractivity contribution in [3.8, 4) is 0 Å². The Morgan fingerprint density at radius 1 is 1.20 bits per heavy atom. The second kappa shape index (κ2) is 4.85. The van der Waals surface area contributed by atoms with Crippen LogP contribution in [0.5, 0.6) is 0 Å². The Kier molecular flexibility index (Phi) is 3.98. The predicted molar refractivity (Wildman–Crippen MR) is 69.5 cm³/mol. The fourth-order valence-corrected chi connectivity index (χ4v) is 1.48. The van der Waals surface area contributed by atoms with Crippen LogP contribution in [0.2, 0.25) is 0 Å². The van der Waals surface area contributed by atoms with Gasteiger partial charge >= 0.3 is 0 Å². The smallest absolute Gasteiger partial charge is 0.0434 e. The monoisotopic (exact) mass is 222 g/mol. The normalized spacial score (nSPS) is 13.0. The van der Waals surface area contributed by atoms with Crippen molar-refractivity contribution < 1.29 is 0 Å². The average molecular weight is 223 g/mol. The summed E-state index contributed by atoms with van der Waals surface area (Å²) in [6.45, 7) is 8.72. The molecule has 0 radical (unpaired) electrons. The number of halogens is 1. The van der Waals surface area contributed by atoms with Gasteiger partial charge in [0.25, 0.3) is 0 Å². The van der Waals surface area contributed by atoms with Crippen LogP contribution in [-0.4, -0.2) is 5.88 Å². The fourth-order valence-electron chi connectivity index (χ4n) is 1.40. The number of allylic oxidation sites excluding steroid dienone is 1. The predicted octanol–water partition coefficient (Wildman–Crippen LogP) is 4.63. The lowest BCUT2D eigenvalue weighted by molar-refractivity contribution is 0.590. The third-order valence-corrected chi connectivity index (χ3v) is 2.82. The minimum absolute atomic E-state index is 0.226. The summed E-state index contributed by atoms with van der Waals surface area (Å²) in [7, 11) is 0. The van der Waals surface area contributed by atoms with Crippen molar-refractivity contribution in [1.29, 1.82) is 0 Å². The number of benzene rings is 1. The third-order valence-electron chi connectivity index (χ3n) is 2.40. The van der Waals surface area contributed by atoms with E-state index in [4.69, 9.17) is 11.6 Å². The van der Waals surface area contributed by atoms with Crippen LogP contribution in [0.25, 0.3) is 6.08 Å².